The first-order valence-corrected chi connectivity index (χ1v) is 7.46. The maximum absolute atomic E-state index is 11.7. The number of aromatic nitrogens is 2. The van der Waals surface area contributed by atoms with Gasteiger partial charge in [-0.3, -0.25) is 0 Å². The molecule has 0 bridgehead atoms. The molecule has 0 aliphatic carbocycles. The van der Waals surface area contributed by atoms with E-state index in [1.54, 1.807) is 19.5 Å². The first-order chi connectivity index (χ1) is 10.7. The van der Waals surface area contributed by atoms with Gasteiger partial charge in [0.15, 0.2) is 5.82 Å². The molecule has 8 heteroatoms. The highest BCUT2D eigenvalue weighted by Gasteiger charge is 2.27. The first-order valence-electron chi connectivity index (χ1n) is 7.46. The van der Waals surface area contributed by atoms with Gasteiger partial charge in [-0.25, -0.2) is 14.8 Å². The number of nitrogens with zero attached hydrogens (tertiary/aromatic N) is 3. The Balaban J connectivity index is 1.86. The second-order valence-corrected chi connectivity index (χ2v) is 4.94. The lowest BCUT2D eigenvalue weighted by Crippen LogP contribution is -2.44. The summed E-state index contributed by atoms with van der Waals surface area (Å²) in [5.74, 6) is 1.27. The van der Waals surface area contributed by atoms with Crippen molar-refractivity contribution in [2.45, 2.75) is 19.4 Å². The van der Waals surface area contributed by atoms with E-state index in [1.807, 2.05) is 6.92 Å². The number of ether oxygens (including phenoxy) is 2. The lowest BCUT2D eigenvalue weighted by Gasteiger charge is -2.19. The number of carbonyl (C=O) groups is 1. The Labute approximate surface area is 130 Å². The molecule has 0 radical (unpaired) electrons. The number of methoxy groups -OCH3 is 1. The van der Waals surface area contributed by atoms with Gasteiger partial charge in [0.25, 0.3) is 5.88 Å². The summed E-state index contributed by atoms with van der Waals surface area (Å²) in [5.41, 5.74) is 0. The van der Waals surface area contributed by atoms with E-state index < -0.39 is 0 Å². The standard InChI is InChI=1S/C14H23N5O3/c1-3-22-13-12(15-5-6-16-13)19-8-4-11(10-19)18-14(20)17-7-9-21-2/h5-6,11H,3-4,7-10H2,1-2H3,(H2,17,18,20). The minimum atomic E-state index is -0.173. The van der Waals surface area contributed by atoms with Crippen LogP contribution in [0.5, 0.6) is 5.88 Å². The summed E-state index contributed by atoms with van der Waals surface area (Å²) in [6, 6.07) is -0.0906. The Hall–Kier alpha value is -2.09. The van der Waals surface area contributed by atoms with Crippen LogP contribution in [0.4, 0.5) is 10.6 Å². The number of amides is 2. The van der Waals surface area contributed by atoms with Crippen LogP contribution in [-0.4, -0.2) is 62.0 Å². The Morgan fingerprint density at radius 1 is 1.45 bits per heavy atom. The summed E-state index contributed by atoms with van der Waals surface area (Å²) in [6.07, 6.45) is 4.12. The SMILES string of the molecule is CCOc1nccnc1N1CCC(NC(=O)NCCOC)C1. The quantitative estimate of drug-likeness (QED) is 0.709. The van der Waals surface area contributed by atoms with Gasteiger partial charge >= 0.3 is 6.03 Å². The topological polar surface area (TPSA) is 88.6 Å². The van der Waals surface area contributed by atoms with E-state index in [-0.39, 0.29) is 12.1 Å². The Kier molecular flexibility index (Phi) is 6.20. The Morgan fingerprint density at radius 2 is 2.27 bits per heavy atom. The molecule has 2 N–H and O–H groups in total. The van der Waals surface area contributed by atoms with Gasteiger partial charge in [-0.15, -0.1) is 0 Å². The number of nitrogens with one attached hydrogen (secondary N) is 2. The van der Waals surface area contributed by atoms with Crippen LogP contribution in [0.25, 0.3) is 0 Å². The fourth-order valence-corrected chi connectivity index (χ4v) is 2.35. The molecule has 1 aromatic rings. The highest BCUT2D eigenvalue weighted by Crippen LogP contribution is 2.26. The summed E-state index contributed by atoms with van der Waals surface area (Å²) in [7, 11) is 1.60. The smallest absolute Gasteiger partial charge is 0.315 e. The fourth-order valence-electron chi connectivity index (χ4n) is 2.35. The average Bonchev–Trinajstić information content (AvgIpc) is 2.97. The van der Waals surface area contributed by atoms with Crippen molar-refractivity contribution in [2.24, 2.45) is 0 Å². The molecule has 1 aromatic heterocycles. The van der Waals surface area contributed by atoms with E-state index in [4.69, 9.17) is 9.47 Å². The normalized spacial score (nSPS) is 17.4. The minimum Gasteiger partial charge on any atom is -0.475 e. The van der Waals surface area contributed by atoms with E-state index in [0.29, 0.717) is 32.2 Å². The molecule has 2 rings (SSSR count). The molecule has 0 spiro atoms. The van der Waals surface area contributed by atoms with Gasteiger partial charge in [-0.1, -0.05) is 0 Å². The fraction of sp³-hybridized carbons (Fsp3) is 0.643. The van der Waals surface area contributed by atoms with Gasteiger partial charge in [0.2, 0.25) is 0 Å². The van der Waals surface area contributed by atoms with Crippen LogP contribution >= 0.6 is 0 Å². The van der Waals surface area contributed by atoms with Crippen LogP contribution in [0.15, 0.2) is 12.4 Å². The van der Waals surface area contributed by atoms with Crippen molar-refractivity contribution < 1.29 is 14.3 Å². The zero-order chi connectivity index (χ0) is 15.8. The van der Waals surface area contributed by atoms with Crippen LogP contribution in [0.2, 0.25) is 0 Å². The van der Waals surface area contributed by atoms with E-state index in [9.17, 15) is 4.79 Å². The zero-order valence-electron chi connectivity index (χ0n) is 13.0. The lowest BCUT2D eigenvalue weighted by molar-refractivity contribution is 0.195. The third kappa shape index (κ3) is 4.45. The van der Waals surface area contributed by atoms with Crippen LogP contribution < -0.4 is 20.3 Å². The molecule has 0 saturated carbocycles. The highest BCUT2D eigenvalue weighted by atomic mass is 16.5. The van der Waals surface area contributed by atoms with Gasteiger partial charge in [0.05, 0.1) is 13.2 Å². The van der Waals surface area contributed by atoms with Gasteiger partial charge in [0.1, 0.15) is 0 Å². The van der Waals surface area contributed by atoms with Gasteiger partial charge < -0.3 is 25.0 Å². The lowest BCUT2D eigenvalue weighted by atomic mass is 10.3. The number of anilines is 1. The van der Waals surface area contributed by atoms with Crippen LogP contribution in [0, 0.1) is 0 Å². The number of hydrogen-bond acceptors (Lipinski definition) is 6. The summed E-state index contributed by atoms with van der Waals surface area (Å²) in [6.45, 7) is 4.96. The second kappa shape index (κ2) is 8.38. The van der Waals surface area contributed by atoms with Crippen molar-refractivity contribution in [1.29, 1.82) is 0 Å². The molecule has 1 unspecified atom stereocenters. The molecule has 122 valence electrons. The predicted molar refractivity (Wildman–Crippen MR) is 82.2 cm³/mol. The zero-order valence-corrected chi connectivity index (χ0v) is 13.0. The number of rotatable bonds is 7. The maximum Gasteiger partial charge on any atom is 0.315 e. The molecule has 1 fully saturated rings. The van der Waals surface area contributed by atoms with Crippen molar-refractivity contribution >= 4 is 11.8 Å². The van der Waals surface area contributed by atoms with Crippen molar-refractivity contribution in [2.75, 3.05) is 44.9 Å². The molecular formula is C14H23N5O3. The number of hydrogen-bond donors (Lipinski definition) is 2. The second-order valence-electron chi connectivity index (χ2n) is 4.94. The molecule has 0 aromatic carbocycles. The van der Waals surface area contributed by atoms with Crippen LogP contribution in [-0.2, 0) is 4.74 Å². The van der Waals surface area contributed by atoms with Gasteiger partial charge in [0, 0.05) is 45.2 Å². The van der Waals surface area contributed by atoms with Gasteiger partial charge in [-0.05, 0) is 13.3 Å². The number of carbonyl (C=O) groups excluding carboxylic acids is 1. The van der Waals surface area contributed by atoms with Gasteiger partial charge in [-0.2, -0.15) is 0 Å². The van der Waals surface area contributed by atoms with Crippen molar-refractivity contribution in [1.82, 2.24) is 20.6 Å². The average molecular weight is 309 g/mol. The van der Waals surface area contributed by atoms with E-state index in [0.717, 1.165) is 18.8 Å². The molecule has 8 nitrogen and oxygen atoms in total. The summed E-state index contributed by atoms with van der Waals surface area (Å²) >= 11 is 0. The monoisotopic (exact) mass is 309 g/mol. The summed E-state index contributed by atoms with van der Waals surface area (Å²) in [5, 5.41) is 5.70. The minimum absolute atomic E-state index is 0.0824. The summed E-state index contributed by atoms with van der Waals surface area (Å²) < 4.78 is 10.4. The van der Waals surface area contributed by atoms with Crippen molar-refractivity contribution in [3.05, 3.63) is 12.4 Å². The third-order valence-corrected chi connectivity index (χ3v) is 3.34. The highest BCUT2D eigenvalue weighted by molar-refractivity contribution is 5.74. The largest absolute Gasteiger partial charge is 0.475 e. The molecule has 1 atom stereocenters. The van der Waals surface area contributed by atoms with Crippen molar-refractivity contribution in [3.63, 3.8) is 0 Å². The molecule has 2 amide bonds. The van der Waals surface area contributed by atoms with E-state index >= 15 is 0 Å². The third-order valence-electron chi connectivity index (χ3n) is 3.34. The summed E-state index contributed by atoms with van der Waals surface area (Å²) in [4.78, 5) is 22.4. The molecular weight excluding hydrogens is 286 g/mol. The van der Waals surface area contributed by atoms with Crippen molar-refractivity contribution in [3.8, 4) is 5.88 Å². The van der Waals surface area contributed by atoms with E-state index in [2.05, 4.69) is 25.5 Å². The van der Waals surface area contributed by atoms with E-state index in [1.165, 1.54) is 0 Å². The Morgan fingerprint density at radius 3 is 3.05 bits per heavy atom. The molecule has 2 heterocycles. The molecule has 1 aliphatic heterocycles. The predicted octanol–water partition coefficient (Wildman–Crippen LogP) is 0.400. The number of urea groups is 1. The Bertz CT molecular complexity index is 485. The molecule has 1 saturated heterocycles. The first kappa shape index (κ1) is 16.3. The van der Waals surface area contributed by atoms with Crippen LogP contribution in [0.3, 0.4) is 0 Å². The maximum atomic E-state index is 11.7. The molecule has 22 heavy (non-hydrogen) atoms. The van der Waals surface area contributed by atoms with Crippen LogP contribution in [0.1, 0.15) is 13.3 Å². The molecule has 1 aliphatic rings.